The number of morpholine rings is 1. The van der Waals surface area contributed by atoms with Crippen molar-refractivity contribution in [3.63, 3.8) is 0 Å². The van der Waals surface area contributed by atoms with Gasteiger partial charge in [-0.05, 0) is 12.8 Å². The third-order valence-corrected chi connectivity index (χ3v) is 2.87. The van der Waals surface area contributed by atoms with Crippen molar-refractivity contribution < 1.29 is 14.3 Å². The van der Waals surface area contributed by atoms with Crippen LogP contribution in [-0.2, 0) is 14.3 Å². The second-order valence-corrected chi connectivity index (χ2v) is 4.60. The summed E-state index contributed by atoms with van der Waals surface area (Å²) in [5.41, 5.74) is 0. The zero-order valence-corrected chi connectivity index (χ0v) is 11.0. The number of hydrogen-bond acceptors (Lipinski definition) is 4. The molecule has 0 bridgehead atoms. The fourth-order valence-corrected chi connectivity index (χ4v) is 1.66. The summed E-state index contributed by atoms with van der Waals surface area (Å²) >= 11 is 0. The molecule has 1 amide bonds. The molecule has 0 aromatic rings. The van der Waals surface area contributed by atoms with Crippen LogP contribution < -0.4 is 10.6 Å². The van der Waals surface area contributed by atoms with E-state index < -0.39 is 0 Å². The van der Waals surface area contributed by atoms with Crippen LogP contribution in [0.1, 0.15) is 20.8 Å². The van der Waals surface area contributed by atoms with E-state index in [1.807, 2.05) is 6.92 Å². The van der Waals surface area contributed by atoms with Gasteiger partial charge >= 0.3 is 0 Å². The van der Waals surface area contributed by atoms with Crippen LogP contribution in [0.2, 0.25) is 0 Å². The lowest BCUT2D eigenvalue weighted by Crippen LogP contribution is -2.55. The zero-order valence-electron chi connectivity index (χ0n) is 11.0. The zero-order chi connectivity index (χ0) is 12.7. The van der Waals surface area contributed by atoms with E-state index in [0.717, 1.165) is 6.54 Å². The molecule has 0 radical (unpaired) electrons. The second kappa shape index (κ2) is 7.63. The van der Waals surface area contributed by atoms with Gasteiger partial charge in [-0.1, -0.05) is 13.8 Å². The third-order valence-electron chi connectivity index (χ3n) is 2.87. The van der Waals surface area contributed by atoms with E-state index in [1.54, 1.807) is 0 Å². The average Bonchev–Trinajstić information content (AvgIpc) is 2.35. The fraction of sp³-hybridized carbons (Fsp3) is 0.917. The van der Waals surface area contributed by atoms with Crippen molar-refractivity contribution >= 4 is 5.91 Å². The van der Waals surface area contributed by atoms with Gasteiger partial charge in [0.1, 0.15) is 6.04 Å². The SMILES string of the molecule is CCOCC(NC(=O)C1COCCN1)C(C)C. The van der Waals surface area contributed by atoms with Crippen molar-refractivity contribution in [3.8, 4) is 0 Å². The van der Waals surface area contributed by atoms with Crippen molar-refractivity contribution in [3.05, 3.63) is 0 Å². The summed E-state index contributed by atoms with van der Waals surface area (Å²) in [6.45, 7) is 9.20. The maximum atomic E-state index is 12.0. The molecule has 0 spiro atoms. The molecule has 2 unspecified atom stereocenters. The van der Waals surface area contributed by atoms with Gasteiger partial charge in [0.25, 0.3) is 0 Å². The van der Waals surface area contributed by atoms with Crippen LogP contribution in [0.5, 0.6) is 0 Å². The van der Waals surface area contributed by atoms with Crippen molar-refractivity contribution in [2.75, 3.05) is 33.0 Å². The van der Waals surface area contributed by atoms with Crippen LogP contribution in [0.3, 0.4) is 0 Å². The van der Waals surface area contributed by atoms with E-state index in [1.165, 1.54) is 0 Å². The Kier molecular flexibility index (Phi) is 6.47. The van der Waals surface area contributed by atoms with Gasteiger partial charge in [-0.25, -0.2) is 0 Å². The quantitative estimate of drug-likeness (QED) is 0.698. The molecule has 5 heteroatoms. The van der Waals surface area contributed by atoms with E-state index in [0.29, 0.717) is 32.3 Å². The van der Waals surface area contributed by atoms with E-state index >= 15 is 0 Å². The summed E-state index contributed by atoms with van der Waals surface area (Å²) in [7, 11) is 0. The Morgan fingerprint density at radius 2 is 2.35 bits per heavy atom. The van der Waals surface area contributed by atoms with Crippen LogP contribution in [0, 0.1) is 5.92 Å². The number of hydrogen-bond donors (Lipinski definition) is 2. The summed E-state index contributed by atoms with van der Waals surface area (Å²) in [6, 6.07) is -0.169. The van der Waals surface area contributed by atoms with Gasteiger partial charge in [-0.3, -0.25) is 4.79 Å². The predicted molar refractivity (Wildman–Crippen MR) is 65.9 cm³/mol. The molecule has 1 fully saturated rings. The molecule has 1 aliphatic rings. The average molecular weight is 244 g/mol. The smallest absolute Gasteiger partial charge is 0.239 e. The minimum Gasteiger partial charge on any atom is -0.380 e. The molecule has 0 aliphatic carbocycles. The van der Waals surface area contributed by atoms with Gasteiger partial charge in [0.05, 0.1) is 25.9 Å². The first-order chi connectivity index (χ1) is 8.15. The summed E-state index contributed by atoms with van der Waals surface area (Å²) in [6.07, 6.45) is 0. The molecular formula is C12H24N2O3. The normalized spacial score (nSPS) is 22.5. The molecular weight excluding hydrogens is 220 g/mol. The van der Waals surface area contributed by atoms with Gasteiger partial charge < -0.3 is 20.1 Å². The van der Waals surface area contributed by atoms with Gasteiger partial charge in [-0.2, -0.15) is 0 Å². The largest absolute Gasteiger partial charge is 0.380 e. The van der Waals surface area contributed by atoms with Crippen molar-refractivity contribution in [2.45, 2.75) is 32.9 Å². The molecule has 1 aliphatic heterocycles. The Morgan fingerprint density at radius 1 is 1.59 bits per heavy atom. The van der Waals surface area contributed by atoms with Gasteiger partial charge in [0.2, 0.25) is 5.91 Å². The van der Waals surface area contributed by atoms with E-state index in [2.05, 4.69) is 24.5 Å². The maximum absolute atomic E-state index is 12.0. The molecule has 1 heterocycles. The van der Waals surface area contributed by atoms with E-state index in [-0.39, 0.29) is 18.0 Å². The molecule has 1 rings (SSSR count). The molecule has 0 aromatic heterocycles. The van der Waals surface area contributed by atoms with Crippen LogP contribution in [0.25, 0.3) is 0 Å². The molecule has 17 heavy (non-hydrogen) atoms. The Hall–Kier alpha value is -0.650. The number of ether oxygens (including phenoxy) is 2. The van der Waals surface area contributed by atoms with Crippen LogP contribution in [0.4, 0.5) is 0 Å². The Balaban J connectivity index is 2.39. The lowest BCUT2D eigenvalue weighted by Gasteiger charge is -2.27. The molecule has 2 N–H and O–H groups in total. The first kappa shape index (κ1) is 14.4. The van der Waals surface area contributed by atoms with Gasteiger partial charge in [-0.15, -0.1) is 0 Å². The first-order valence-electron chi connectivity index (χ1n) is 6.34. The fourth-order valence-electron chi connectivity index (χ4n) is 1.66. The Morgan fingerprint density at radius 3 is 2.88 bits per heavy atom. The highest BCUT2D eigenvalue weighted by Crippen LogP contribution is 2.03. The van der Waals surface area contributed by atoms with E-state index in [4.69, 9.17) is 9.47 Å². The summed E-state index contributed by atoms with van der Waals surface area (Å²) in [4.78, 5) is 12.0. The minimum atomic E-state index is -0.230. The highest BCUT2D eigenvalue weighted by atomic mass is 16.5. The number of amides is 1. The predicted octanol–water partition coefficient (Wildman–Crippen LogP) is 0.152. The van der Waals surface area contributed by atoms with Crippen LogP contribution in [0.15, 0.2) is 0 Å². The summed E-state index contributed by atoms with van der Waals surface area (Å²) < 4.78 is 10.7. The highest BCUT2D eigenvalue weighted by molar-refractivity contribution is 5.82. The standard InChI is InChI=1S/C12H24N2O3/c1-4-16-7-10(9(2)3)14-12(15)11-8-17-6-5-13-11/h9-11,13H,4-8H2,1-3H3,(H,14,15). The van der Waals surface area contributed by atoms with Crippen molar-refractivity contribution in [2.24, 2.45) is 5.92 Å². The molecule has 5 nitrogen and oxygen atoms in total. The topological polar surface area (TPSA) is 59.6 Å². The lowest BCUT2D eigenvalue weighted by molar-refractivity contribution is -0.127. The number of carbonyl (C=O) groups is 1. The highest BCUT2D eigenvalue weighted by Gasteiger charge is 2.24. The van der Waals surface area contributed by atoms with Gasteiger partial charge in [0, 0.05) is 13.2 Å². The van der Waals surface area contributed by atoms with Crippen molar-refractivity contribution in [1.29, 1.82) is 0 Å². The monoisotopic (exact) mass is 244 g/mol. The molecule has 1 saturated heterocycles. The minimum absolute atomic E-state index is 0.00287. The lowest BCUT2D eigenvalue weighted by atomic mass is 10.0. The maximum Gasteiger partial charge on any atom is 0.239 e. The summed E-state index contributed by atoms with van der Waals surface area (Å²) in [5, 5.41) is 6.16. The Bertz CT molecular complexity index is 228. The number of nitrogens with one attached hydrogen (secondary N) is 2. The van der Waals surface area contributed by atoms with Crippen molar-refractivity contribution in [1.82, 2.24) is 10.6 Å². The summed E-state index contributed by atoms with van der Waals surface area (Å²) in [5.74, 6) is 0.359. The van der Waals surface area contributed by atoms with Crippen LogP contribution >= 0.6 is 0 Å². The first-order valence-corrected chi connectivity index (χ1v) is 6.34. The molecule has 0 saturated carbocycles. The van der Waals surface area contributed by atoms with E-state index in [9.17, 15) is 4.79 Å². The number of rotatable bonds is 6. The molecule has 2 atom stereocenters. The van der Waals surface area contributed by atoms with Crippen LogP contribution in [-0.4, -0.2) is 51.0 Å². The number of carbonyl (C=O) groups excluding carboxylic acids is 1. The van der Waals surface area contributed by atoms with Gasteiger partial charge in [0.15, 0.2) is 0 Å². The Labute approximate surface area is 103 Å². The third kappa shape index (κ3) is 5.02. The molecule has 0 aromatic carbocycles. The second-order valence-electron chi connectivity index (χ2n) is 4.60. The molecule has 100 valence electrons.